The molecule has 0 saturated carbocycles. The summed E-state index contributed by atoms with van der Waals surface area (Å²) in [7, 11) is 0. The number of nitrogens with one attached hydrogen (secondary N) is 2. The number of aromatic amines is 1. The number of aromatic nitrogens is 2. The van der Waals surface area contributed by atoms with E-state index in [9.17, 15) is 4.39 Å². The van der Waals surface area contributed by atoms with E-state index in [1.807, 2.05) is 24.3 Å². The highest BCUT2D eigenvalue weighted by Crippen LogP contribution is 2.18. The van der Waals surface area contributed by atoms with E-state index in [-0.39, 0.29) is 5.82 Å². The third kappa shape index (κ3) is 2.42. The molecule has 1 aromatic heterocycles. The standard InChI is InChI=1S/C15H14FN3/c1-10-6-11(2-4-14(10)16)8-17-13-3-5-15-12(7-13)9-18-19-15/h2-7,9,17H,8H2,1H3,(H,18,19). The van der Waals surface area contributed by atoms with Gasteiger partial charge in [0.1, 0.15) is 5.82 Å². The lowest BCUT2D eigenvalue weighted by molar-refractivity contribution is 0.617. The normalized spacial score (nSPS) is 10.8. The zero-order valence-corrected chi connectivity index (χ0v) is 10.6. The van der Waals surface area contributed by atoms with Crippen molar-refractivity contribution in [1.29, 1.82) is 0 Å². The fourth-order valence-electron chi connectivity index (χ4n) is 2.07. The SMILES string of the molecule is Cc1cc(CNc2ccc3[nH]ncc3c2)ccc1F. The number of aryl methyl sites for hydroxylation is 1. The van der Waals surface area contributed by atoms with Gasteiger partial charge in [0.05, 0.1) is 11.7 Å². The highest BCUT2D eigenvalue weighted by atomic mass is 19.1. The van der Waals surface area contributed by atoms with E-state index in [0.717, 1.165) is 22.2 Å². The van der Waals surface area contributed by atoms with Crippen molar-refractivity contribution in [2.75, 3.05) is 5.32 Å². The first-order valence-electron chi connectivity index (χ1n) is 6.14. The Labute approximate surface area is 110 Å². The van der Waals surface area contributed by atoms with Gasteiger partial charge in [-0.3, -0.25) is 5.10 Å². The number of H-pyrrole nitrogens is 1. The molecule has 0 unspecified atom stereocenters. The Morgan fingerprint density at radius 1 is 1.21 bits per heavy atom. The van der Waals surface area contributed by atoms with Crippen LogP contribution in [0.1, 0.15) is 11.1 Å². The molecule has 0 amide bonds. The Morgan fingerprint density at radius 3 is 2.95 bits per heavy atom. The number of hydrogen-bond donors (Lipinski definition) is 2. The average molecular weight is 255 g/mol. The van der Waals surface area contributed by atoms with Crippen LogP contribution in [0.3, 0.4) is 0 Å². The largest absolute Gasteiger partial charge is 0.381 e. The van der Waals surface area contributed by atoms with Crippen LogP contribution in [0.4, 0.5) is 10.1 Å². The third-order valence-corrected chi connectivity index (χ3v) is 3.16. The highest BCUT2D eigenvalue weighted by Gasteiger charge is 2.01. The number of hydrogen-bond acceptors (Lipinski definition) is 2. The topological polar surface area (TPSA) is 40.7 Å². The molecule has 0 atom stereocenters. The van der Waals surface area contributed by atoms with Crippen LogP contribution in [-0.2, 0) is 6.54 Å². The van der Waals surface area contributed by atoms with E-state index < -0.39 is 0 Å². The molecule has 0 bridgehead atoms. The molecule has 0 saturated heterocycles. The number of fused-ring (bicyclic) bond motifs is 1. The van der Waals surface area contributed by atoms with Crippen molar-refractivity contribution in [2.45, 2.75) is 13.5 Å². The second kappa shape index (κ2) is 4.72. The molecule has 1 heterocycles. The second-order valence-electron chi connectivity index (χ2n) is 4.61. The van der Waals surface area contributed by atoms with Gasteiger partial charge in [-0.1, -0.05) is 12.1 Å². The summed E-state index contributed by atoms with van der Waals surface area (Å²) < 4.78 is 13.2. The molecule has 0 spiro atoms. The minimum atomic E-state index is -0.163. The summed E-state index contributed by atoms with van der Waals surface area (Å²) in [5, 5.41) is 11.3. The molecule has 19 heavy (non-hydrogen) atoms. The number of rotatable bonds is 3. The van der Waals surface area contributed by atoms with Gasteiger partial charge in [0.15, 0.2) is 0 Å². The van der Waals surface area contributed by atoms with E-state index in [0.29, 0.717) is 12.1 Å². The van der Waals surface area contributed by atoms with Crippen LogP contribution in [0.2, 0.25) is 0 Å². The van der Waals surface area contributed by atoms with Crippen molar-refractivity contribution >= 4 is 16.6 Å². The van der Waals surface area contributed by atoms with Crippen molar-refractivity contribution in [3.05, 3.63) is 59.5 Å². The Kier molecular flexibility index (Phi) is 2.91. The van der Waals surface area contributed by atoms with Gasteiger partial charge in [0.2, 0.25) is 0 Å². The maximum absolute atomic E-state index is 13.2. The van der Waals surface area contributed by atoms with E-state index in [1.54, 1.807) is 19.2 Å². The van der Waals surface area contributed by atoms with Crippen LogP contribution < -0.4 is 5.32 Å². The first-order chi connectivity index (χ1) is 9.22. The zero-order chi connectivity index (χ0) is 13.2. The quantitative estimate of drug-likeness (QED) is 0.750. The predicted octanol–water partition coefficient (Wildman–Crippen LogP) is 3.62. The third-order valence-electron chi connectivity index (χ3n) is 3.16. The summed E-state index contributed by atoms with van der Waals surface area (Å²) in [4.78, 5) is 0. The van der Waals surface area contributed by atoms with Crippen LogP contribution in [-0.4, -0.2) is 10.2 Å². The number of nitrogens with zero attached hydrogens (tertiary/aromatic N) is 1. The monoisotopic (exact) mass is 255 g/mol. The Balaban J connectivity index is 1.75. The first-order valence-corrected chi connectivity index (χ1v) is 6.14. The lowest BCUT2D eigenvalue weighted by atomic mass is 10.1. The fraction of sp³-hybridized carbons (Fsp3) is 0.133. The molecule has 2 aromatic carbocycles. The van der Waals surface area contributed by atoms with Crippen molar-refractivity contribution in [3.8, 4) is 0 Å². The molecule has 3 nitrogen and oxygen atoms in total. The first kappa shape index (κ1) is 11.7. The minimum absolute atomic E-state index is 0.163. The summed E-state index contributed by atoms with van der Waals surface area (Å²) in [6, 6.07) is 11.2. The number of anilines is 1. The van der Waals surface area contributed by atoms with Gasteiger partial charge in [-0.05, 0) is 42.3 Å². The van der Waals surface area contributed by atoms with Gasteiger partial charge in [-0.2, -0.15) is 5.10 Å². The van der Waals surface area contributed by atoms with Gasteiger partial charge >= 0.3 is 0 Å². The smallest absolute Gasteiger partial charge is 0.126 e. The van der Waals surface area contributed by atoms with Gasteiger partial charge < -0.3 is 5.32 Å². The summed E-state index contributed by atoms with van der Waals surface area (Å²) in [6.07, 6.45) is 1.79. The number of benzene rings is 2. The zero-order valence-electron chi connectivity index (χ0n) is 10.6. The van der Waals surface area contributed by atoms with Crippen molar-refractivity contribution < 1.29 is 4.39 Å². The van der Waals surface area contributed by atoms with E-state index in [4.69, 9.17) is 0 Å². The second-order valence-corrected chi connectivity index (χ2v) is 4.61. The highest BCUT2D eigenvalue weighted by molar-refractivity contribution is 5.81. The molecule has 3 aromatic rings. The predicted molar refractivity (Wildman–Crippen MR) is 74.6 cm³/mol. The van der Waals surface area contributed by atoms with Crippen LogP contribution in [0.15, 0.2) is 42.6 Å². The van der Waals surface area contributed by atoms with E-state index in [2.05, 4.69) is 15.5 Å². The van der Waals surface area contributed by atoms with Gasteiger partial charge in [-0.25, -0.2) is 4.39 Å². The van der Waals surface area contributed by atoms with Crippen molar-refractivity contribution in [1.82, 2.24) is 10.2 Å². The summed E-state index contributed by atoms with van der Waals surface area (Å²) >= 11 is 0. The van der Waals surface area contributed by atoms with Crippen LogP contribution in [0, 0.1) is 12.7 Å². The van der Waals surface area contributed by atoms with Gasteiger partial charge in [0.25, 0.3) is 0 Å². The van der Waals surface area contributed by atoms with Crippen LogP contribution in [0.5, 0.6) is 0 Å². The Hall–Kier alpha value is -2.36. The Morgan fingerprint density at radius 2 is 2.11 bits per heavy atom. The molecule has 0 aliphatic heterocycles. The molecule has 4 heteroatoms. The molecular formula is C15H14FN3. The van der Waals surface area contributed by atoms with Crippen LogP contribution >= 0.6 is 0 Å². The minimum Gasteiger partial charge on any atom is -0.381 e. The van der Waals surface area contributed by atoms with Crippen LogP contribution in [0.25, 0.3) is 10.9 Å². The molecular weight excluding hydrogens is 241 g/mol. The summed E-state index contributed by atoms with van der Waals surface area (Å²) in [6.45, 7) is 2.45. The molecule has 96 valence electrons. The lowest BCUT2D eigenvalue weighted by Crippen LogP contribution is -2.00. The Bertz CT molecular complexity index is 718. The average Bonchev–Trinajstić information content (AvgIpc) is 2.87. The van der Waals surface area contributed by atoms with E-state index >= 15 is 0 Å². The molecule has 3 rings (SSSR count). The summed E-state index contributed by atoms with van der Waals surface area (Å²) in [5.41, 5.74) is 3.77. The number of halogens is 1. The molecule has 0 aliphatic rings. The van der Waals surface area contributed by atoms with Crippen molar-refractivity contribution in [3.63, 3.8) is 0 Å². The maximum Gasteiger partial charge on any atom is 0.126 e. The lowest BCUT2D eigenvalue weighted by Gasteiger charge is -2.07. The summed E-state index contributed by atoms with van der Waals surface area (Å²) in [5.74, 6) is -0.163. The molecule has 0 aliphatic carbocycles. The maximum atomic E-state index is 13.2. The van der Waals surface area contributed by atoms with Gasteiger partial charge in [0, 0.05) is 17.6 Å². The molecule has 2 N–H and O–H groups in total. The molecule has 0 fully saturated rings. The van der Waals surface area contributed by atoms with E-state index in [1.165, 1.54) is 6.07 Å². The van der Waals surface area contributed by atoms with Gasteiger partial charge in [-0.15, -0.1) is 0 Å². The van der Waals surface area contributed by atoms with Crippen molar-refractivity contribution in [2.24, 2.45) is 0 Å². The fourth-order valence-corrected chi connectivity index (χ4v) is 2.07. The molecule has 0 radical (unpaired) electrons.